The number of para-hydroxylation sites is 1. The van der Waals surface area contributed by atoms with Gasteiger partial charge in [0.25, 0.3) is 0 Å². The number of aromatic amines is 1. The summed E-state index contributed by atoms with van der Waals surface area (Å²) in [6.45, 7) is 1.07. The highest BCUT2D eigenvalue weighted by Crippen LogP contribution is 2.22. The lowest BCUT2D eigenvalue weighted by Crippen LogP contribution is -2.31. The van der Waals surface area contributed by atoms with Gasteiger partial charge in [-0.25, -0.2) is 0 Å². The van der Waals surface area contributed by atoms with E-state index in [0.717, 1.165) is 10.9 Å². The standard InChI is InChI=1S/C16H19N5O/c17-6-5-15(22)21-8-11(12(18)9-21)16(19)14-7-10-3-1-2-4-13(10)20-14/h1-4,7,19-20H,5-6,8-9,17-18H2. The number of carbonyl (C=O) groups is 1. The Morgan fingerprint density at radius 2 is 2.09 bits per heavy atom. The molecule has 0 spiro atoms. The Morgan fingerprint density at radius 3 is 2.82 bits per heavy atom. The van der Waals surface area contributed by atoms with E-state index in [9.17, 15) is 4.79 Å². The molecule has 0 atom stereocenters. The molecule has 1 amide bonds. The van der Waals surface area contributed by atoms with Crippen molar-refractivity contribution < 1.29 is 4.79 Å². The molecule has 0 aliphatic carbocycles. The molecule has 3 rings (SSSR count). The molecule has 114 valence electrons. The molecule has 22 heavy (non-hydrogen) atoms. The number of amides is 1. The number of fused-ring (bicyclic) bond motifs is 1. The van der Waals surface area contributed by atoms with E-state index in [0.29, 0.717) is 48.7 Å². The minimum Gasteiger partial charge on any atom is -0.400 e. The summed E-state index contributed by atoms with van der Waals surface area (Å²) in [6, 6.07) is 9.80. The normalized spacial score (nSPS) is 14.9. The second-order valence-corrected chi connectivity index (χ2v) is 5.44. The second-order valence-electron chi connectivity index (χ2n) is 5.44. The van der Waals surface area contributed by atoms with Gasteiger partial charge in [0.05, 0.1) is 24.5 Å². The zero-order valence-electron chi connectivity index (χ0n) is 12.2. The SMILES string of the molecule is N=C(C1=C(N)CN(C(=O)CCN)C1)c1cc2ccccc2[nH]1. The zero-order chi connectivity index (χ0) is 15.7. The molecule has 1 aliphatic rings. The third kappa shape index (κ3) is 2.48. The summed E-state index contributed by atoms with van der Waals surface area (Å²) < 4.78 is 0. The summed E-state index contributed by atoms with van der Waals surface area (Å²) in [5.74, 6) is -0.0232. The predicted molar refractivity (Wildman–Crippen MR) is 86.6 cm³/mol. The summed E-state index contributed by atoms with van der Waals surface area (Å²) in [6.07, 6.45) is 0.306. The highest BCUT2D eigenvalue weighted by Gasteiger charge is 2.27. The first-order chi connectivity index (χ1) is 10.6. The van der Waals surface area contributed by atoms with Crippen LogP contribution >= 0.6 is 0 Å². The maximum atomic E-state index is 11.9. The van der Waals surface area contributed by atoms with Gasteiger partial charge in [-0.15, -0.1) is 0 Å². The molecule has 0 bridgehead atoms. The summed E-state index contributed by atoms with van der Waals surface area (Å²) in [7, 11) is 0. The number of aromatic nitrogens is 1. The molecule has 1 aromatic heterocycles. The topological polar surface area (TPSA) is 112 Å². The van der Waals surface area contributed by atoms with Crippen LogP contribution in [0.2, 0.25) is 0 Å². The third-order valence-electron chi connectivity index (χ3n) is 3.91. The summed E-state index contributed by atoms with van der Waals surface area (Å²) in [4.78, 5) is 16.8. The number of benzene rings is 1. The zero-order valence-corrected chi connectivity index (χ0v) is 12.2. The van der Waals surface area contributed by atoms with Crippen molar-refractivity contribution in [3.63, 3.8) is 0 Å². The Hall–Kier alpha value is -2.60. The number of hydrogen-bond acceptors (Lipinski definition) is 4. The van der Waals surface area contributed by atoms with Crippen LogP contribution in [-0.4, -0.2) is 41.1 Å². The lowest BCUT2D eigenvalue weighted by molar-refractivity contribution is -0.129. The molecule has 6 heteroatoms. The molecular formula is C16H19N5O. The molecule has 0 radical (unpaired) electrons. The fourth-order valence-electron chi connectivity index (χ4n) is 2.72. The van der Waals surface area contributed by atoms with Crippen molar-refractivity contribution >= 4 is 22.5 Å². The van der Waals surface area contributed by atoms with Gasteiger partial charge < -0.3 is 21.4 Å². The van der Waals surface area contributed by atoms with Gasteiger partial charge in [-0.05, 0) is 12.1 Å². The van der Waals surface area contributed by atoms with E-state index in [4.69, 9.17) is 16.9 Å². The van der Waals surface area contributed by atoms with Gasteiger partial charge in [-0.2, -0.15) is 0 Å². The van der Waals surface area contributed by atoms with Gasteiger partial charge >= 0.3 is 0 Å². The summed E-state index contributed by atoms with van der Waals surface area (Å²) >= 11 is 0. The number of carbonyl (C=O) groups excluding carboxylic acids is 1. The van der Waals surface area contributed by atoms with Crippen molar-refractivity contribution in [1.29, 1.82) is 5.41 Å². The van der Waals surface area contributed by atoms with Crippen molar-refractivity contribution in [2.24, 2.45) is 11.5 Å². The fourth-order valence-corrected chi connectivity index (χ4v) is 2.72. The summed E-state index contributed by atoms with van der Waals surface area (Å²) in [5, 5.41) is 9.44. The third-order valence-corrected chi connectivity index (χ3v) is 3.91. The molecule has 0 unspecified atom stereocenters. The van der Waals surface area contributed by atoms with Crippen molar-refractivity contribution in [2.75, 3.05) is 19.6 Å². The first-order valence-corrected chi connectivity index (χ1v) is 7.22. The minimum atomic E-state index is -0.0232. The van der Waals surface area contributed by atoms with E-state index in [-0.39, 0.29) is 5.91 Å². The van der Waals surface area contributed by atoms with Crippen LogP contribution in [0.1, 0.15) is 12.1 Å². The molecular weight excluding hydrogens is 278 g/mol. The molecule has 2 aromatic rings. The predicted octanol–water partition coefficient (Wildman–Crippen LogP) is 0.940. The summed E-state index contributed by atoms with van der Waals surface area (Å²) in [5.41, 5.74) is 14.8. The van der Waals surface area contributed by atoms with Crippen LogP contribution in [0.5, 0.6) is 0 Å². The Kier molecular flexibility index (Phi) is 3.68. The lowest BCUT2D eigenvalue weighted by atomic mass is 10.1. The first-order valence-electron chi connectivity index (χ1n) is 7.22. The lowest BCUT2D eigenvalue weighted by Gasteiger charge is -2.15. The number of rotatable bonds is 4. The molecule has 6 N–H and O–H groups in total. The van der Waals surface area contributed by atoms with E-state index in [1.807, 2.05) is 30.3 Å². The van der Waals surface area contributed by atoms with Crippen molar-refractivity contribution in [2.45, 2.75) is 6.42 Å². The Labute approximate surface area is 128 Å². The number of hydrogen-bond donors (Lipinski definition) is 4. The quantitative estimate of drug-likeness (QED) is 0.630. The molecule has 0 saturated carbocycles. The van der Waals surface area contributed by atoms with E-state index >= 15 is 0 Å². The van der Waals surface area contributed by atoms with Gasteiger partial charge in [0.1, 0.15) is 0 Å². The monoisotopic (exact) mass is 297 g/mol. The van der Waals surface area contributed by atoms with Crippen molar-refractivity contribution in [3.8, 4) is 0 Å². The maximum absolute atomic E-state index is 11.9. The van der Waals surface area contributed by atoms with E-state index < -0.39 is 0 Å². The van der Waals surface area contributed by atoms with Crippen LogP contribution in [0.15, 0.2) is 41.6 Å². The van der Waals surface area contributed by atoms with Crippen LogP contribution < -0.4 is 11.5 Å². The van der Waals surface area contributed by atoms with Gasteiger partial charge in [0.2, 0.25) is 5.91 Å². The average molecular weight is 297 g/mol. The highest BCUT2D eigenvalue weighted by molar-refractivity contribution is 6.12. The number of nitrogens with two attached hydrogens (primary N) is 2. The number of nitrogens with zero attached hydrogens (tertiary/aromatic N) is 1. The smallest absolute Gasteiger partial charge is 0.224 e. The highest BCUT2D eigenvalue weighted by atomic mass is 16.2. The van der Waals surface area contributed by atoms with Crippen LogP contribution in [-0.2, 0) is 4.79 Å². The van der Waals surface area contributed by atoms with Gasteiger partial charge in [-0.3, -0.25) is 10.2 Å². The van der Waals surface area contributed by atoms with E-state index in [2.05, 4.69) is 4.98 Å². The number of H-pyrrole nitrogens is 1. The molecule has 6 nitrogen and oxygen atoms in total. The molecule has 1 aromatic carbocycles. The van der Waals surface area contributed by atoms with Crippen LogP contribution in [0.25, 0.3) is 10.9 Å². The maximum Gasteiger partial charge on any atom is 0.224 e. The first kappa shape index (κ1) is 14.3. The Balaban J connectivity index is 1.83. The molecule has 2 heterocycles. The second kappa shape index (κ2) is 5.65. The van der Waals surface area contributed by atoms with Crippen LogP contribution in [0.4, 0.5) is 0 Å². The van der Waals surface area contributed by atoms with Gasteiger partial charge in [0.15, 0.2) is 0 Å². The Morgan fingerprint density at radius 1 is 1.32 bits per heavy atom. The largest absolute Gasteiger partial charge is 0.400 e. The average Bonchev–Trinajstić information content (AvgIpc) is 3.10. The van der Waals surface area contributed by atoms with Crippen LogP contribution in [0, 0.1) is 5.41 Å². The van der Waals surface area contributed by atoms with Gasteiger partial charge in [0, 0.05) is 35.1 Å². The van der Waals surface area contributed by atoms with Gasteiger partial charge in [-0.1, -0.05) is 18.2 Å². The molecule has 0 saturated heterocycles. The van der Waals surface area contributed by atoms with Crippen molar-refractivity contribution in [1.82, 2.24) is 9.88 Å². The molecule has 1 aliphatic heterocycles. The fraction of sp³-hybridized carbons (Fsp3) is 0.250. The Bertz CT molecular complexity index is 741. The molecule has 0 fully saturated rings. The van der Waals surface area contributed by atoms with E-state index in [1.165, 1.54) is 0 Å². The number of nitrogens with one attached hydrogen (secondary N) is 2. The van der Waals surface area contributed by atoms with Crippen molar-refractivity contribution in [3.05, 3.63) is 47.3 Å². The van der Waals surface area contributed by atoms with Crippen LogP contribution in [0.3, 0.4) is 0 Å². The van der Waals surface area contributed by atoms with E-state index in [1.54, 1.807) is 4.90 Å². The minimum absolute atomic E-state index is 0.0232.